The summed E-state index contributed by atoms with van der Waals surface area (Å²) in [6.45, 7) is -1.44. The molecule has 0 aliphatic heterocycles. The Morgan fingerprint density at radius 1 is 1.48 bits per heavy atom. The Morgan fingerprint density at radius 2 is 2.14 bits per heavy atom. The Kier molecular flexibility index (Phi) is 6.18. The zero-order valence-corrected chi connectivity index (χ0v) is 12.7. The molecule has 0 radical (unpaired) electrons. The number of nitrogens with zero attached hydrogens (tertiary/aromatic N) is 1. The van der Waals surface area contributed by atoms with Gasteiger partial charge in [-0.2, -0.15) is 30.6 Å². The van der Waals surface area contributed by atoms with Crippen molar-refractivity contribution in [3.8, 4) is 11.8 Å². The van der Waals surface area contributed by atoms with E-state index in [-0.39, 0.29) is 13.1 Å². The van der Waals surface area contributed by atoms with Crippen LogP contribution in [-0.2, 0) is 16.8 Å². The van der Waals surface area contributed by atoms with E-state index in [1.807, 2.05) is 0 Å². The molecule has 5 nitrogen and oxygen atoms in total. The molecule has 10 heteroatoms. The maximum Gasteiger partial charge on any atom is 0.402 e. The Hall–Kier alpha value is -1.12. The second kappa shape index (κ2) is 7.24. The van der Waals surface area contributed by atoms with Crippen LogP contribution in [0.2, 0.25) is 0 Å². The molecule has 1 aromatic heterocycles. The fraction of sp³-hybridized carbons (Fsp3) is 0.455. The number of alkyl halides is 3. The molecule has 3 N–H and O–H groups in total. The zero-order valence-electron chi connectivity index (χ0n) is 11.1. The number of rotatable bonds is 5. The molecule has 21 heavy (non-hydrogen) atoms. The first-order valence-electron chi connectivity index (χ1n) is 5.68. The van der Waals surface area contributed by atoms with Gasteiger partial charge in [-0.25, -0.2) is 0 Å². The highest BCUT2D eigenvalue weighted by Crippen LogP contribution is 2.17. The summed E-state index contributed by atoms with van der Waals surface area (Å²) in [5, 5.41) is 1.69. The van der Waals surface area contributed by atoms with Gasteiger partial charge in [0.25, 0.3) is 10.2 Å². The number of thiophene rings is 1. The highest BCUT2D eigenvalue weighted by molar-refractivity contribution is 7.87. The average molecular weight is 341 g/mol. The smallest absolute Gasteiger partial charge is 0.320 e. The molecule has 0 bridgehead atoms. The van der Waals surface area contributed by atoms with E-state index in [1.165, 1.54) is 23.1 Å². The van der Waals surface area contributed by atoms with Gasteiger partial charge in [-0.3, -0.25) is 0 Å². The molecule has 0 spiro atoms. The lowest BCUT2D eigenvalue weighted by Crippen LogP contribution is -2.42. The van der Waals surface area contributed by atoms with Crippen LogP contribution in [0.15, 0.2) is 11.4 Å². The molecule has 1 heterocycles. The number of nitrogens with one attached hydrogen (secondary N) is 1. The lowest BCUT2D eigenvalue weighted by molar-refractivity contribution is -0.121. The lowest BCUT2D eigenvalue weighted by Gasteiger charge is -2.17. The summed E-state index contributed by atoms with van der Waals surface area (Å²) < 4.78 is 61.7. The average Bonchev–Trinajstić information content (AvgIpc) is 2.81. The third-order valence-electron chi connectivity index (χ3n) is 2.24. The maximum atomic E-state index is 12.0. The van der Waals surface area contributed by atoms with Crippen LogP contribution in [0.5, 0.6) is 0 Å². The minimum absolute atomic E-state index is 0.0476. The first-order valence-corrected chi connectivity index (χ1v) is 8.00. The standard InChI is InChI=1S/C11H14F3N3O2S2/c1-17(21(18,19)16-8-11(12,13)14)6-9-5-10(20-7-9)3-2-4-15/h5,7,16H,4,6,8,15H2,1H3. The van der Waals surface area contributed by atoms with Gasteiger partial charge in [-0.1, -0.05) is 11.8 Å². The van der Waals surface area contributed by atoms with E-state index < -0.39 is 22.9 Å². The van der Waals surface area contributed by atoms with E-state index in [9.17, 15) is 21.6 Å². The summed E-state index contributed by atoms with van der Waals surface area (Å²) in [4.78, 5) is 0.712. The van der Waals surface area contributed by atoms with E-state index in [1.54, 1.807) is 11.4 Å². The second-order valence-corrected chi connectivity index (χ2v) is 6.80. The molecule has 0 fully saturated rings. The first kappa shape index (κ1) is 17.9. The molecule has 1 rings (SSSR count). The minimum Gasteiger partial charge on any atom is -0.320 e. The molecule has 118 valence electrons. The molecule has 0 aromatic carbocycles. The SMILES string of the molecule is CN(Cc1csc(C#CCN)c1)S(=O)(=O)NCC(F)(F)F. The van der Waals surface area contributed by atoms with Crippen molar-refractivity contribution in [1.29, 1.82) is 0 Å². The summed E-state index contributed by atoms with van der Waals surface area (Å²) in [5.74, 6) is 5.45. The van der Waals surface area contributed by atoms with Crippen LogP contribution in [0, 0.1) is 11.8 Å². The number of hydrogen-bond acceptors (Lipinski definition) is 4. The van der Waals surface area contributed by atoms with Crippen molar-refractivity contribution in [1.82, 2.24) is 9.03 Å². The van der Waals surface area contributed by atoms with Gasteiger partial charge in [-0.15, -0.1) is 11.3 Å². The lowest BCUT2D eigenvalue weighted by atomic mass is 10.3. The molecule has 0 saturated heterocycles. The Morgan fingerprint density at radius 3 is 2.71 bits per heavy atom. The van der Waals surface area contributed by atoms with Gasteiger partial charge in [0, 0.05) is 13.6 Å². The van der Waals surface area contributed by atoms with Crippen molar-refractivity contribution in [3.05, 3.63) is 21.9 Å². The van der Waals surface area contributed by atoms with E-state index in [2.05, 4.69) is 11.8 Å². The normalized spacial score (nSPS) is 12.3. The monoisotopic (exact) mass is 341 g/mol. The summed E-state index contributed by atoms with van der Waals surface area (Å²) in [7, 11) is -2.99. The summed E-state index contributed by atoms with van der Waals surface area (Å²) >= 11 is 1.31. The Balaban J connectivity index is 2.67. The number of nitrogens with two attached hydrogens (primary N) is 1. The molecule has 0 unspecified atom stereocenters. The summed E-state index contributed by atoms with van der Waals surface area (Å²) in [6.07, 6.45) is -4.60. The third-order valence-corrected chi connectivity index (χ3v) is 4.59. The number of hydrogen-bond donors (Lipinski definition) is 2. The van der Waals surface area contributed by atoms with Crippen LogP contribution in [0.1, 0.15) is 10.4 Å². The molecule has 0 aliphatic carbocycles. The van der Waals surface area contributed by atoms with Gasteiger partial charge in [0.05, 0.1) is 11.4 Å². The Bertz CT molecular complexity index is 629. The van der Waals surface area contributed by atoms with Crippen LogP contribution >= 0.6 is 11.3 Å². The molecule has 0 amide bonds. The van der Waals surface area contributed by atoms with Crippen LogP contribution in [0.25, 0.3) is 0 Å². The van der Waals surface area contributed by atoms with Crippen LogP contribution in [0.4, 0.5) is 13.2 Å². The molecule has 0 aliphatic rings. The van der Waals surface area contributed by atoms with E-state index in [0.29, 0.717) is 10.4 Å². The van der Waals surface area contributed by atoms with E-state index in [0.717, 1.165) is 4.31 Å². The summed E-state index contributed by atoms with van der Waals surface area (Å²) in [5.41, 5.74) is 5.87. The summed E-state index contributed by atoms with van der Waals surface area (Å²) in [6, 6.07) is 1.67. The van der Waals surface area contributed by atoms with E-state index >= 15 is 0 Å². The Labute approximate surface area is 125 Å². The second-order valence-electron chi connectivity index (χ2n) is 4.02. The van der Waals surface area contributed by atoms with Crippen molar-refractivity contribution in [2.75, 3.05) is 20.1 Å². The molecule has 0 saturated carbocycles. The van der Waals surface area contributed by atoms with Crippen molar-refractivity contribution in [2.24, 2.45) is 5.73 Å². The first-order chi connectivity index (χ1) is 9.64. The quantitative estimate of drug-likeness (QED) is 0.781. The minimum atomic E-state index is -4.60. The van der Waals surface area contributed by atoms with Crippen LogP contribution in [-0.4, -0.2) is 39.0 Å². The predicted octanol–water partition coefficient (Wildman–Crippen LogP) is 0.887. The van der Waals surface area contributed by atoms with Crippen LogP contribution in [0.3, 0.4) is 0 Å². The van der Waals surface area contributed by atoms with Crippen molar-refractivity contribution in [3.63, 3.8) is 0 Å². The van der Waals surface area contributed by atoms with Crippen molar-refractivity contribution in [2.45, 2.75) is 12.7 Å². The fourth-order valence-corrected chi connectivity index (χ4v) is 2.94. The fourth-order valence-electron chi connectivity index (χ4n) is 1.29. The molecular weight excluding hydrogens is 327 g/mol. The highest BCUT2D eigenvalue weighted by atomic mass is 32.2. The van der Waals surface area contributed by atoms with Gasteiger partial charge in [-0.05, 0) is 17.0 Å². The number of halogens is 3. The van der Waals surface area contributed by atoms with E-state index in [4.69, 9.17) is 5.73 Å². The van der Waals surface area contributed by atoms with Gasteiger partial charge in [0.15, 0.2) is 0 Å². The van der Waals surface area contributed by atoms with Gasteiger partial charge < -0.3 is 5.73 Å². The largest absolute Gasteiger partial charge is 0.402 e. The van der Waals surface area contributed by atoms with Crippen LogP contribution < -0.4 is 10.5 Å². The zero-order chi connectivity index (χ0) is 16.1. The maximum absolute atomic E-state index is 12.0. The molecule has 1 aromatic rings. The molecule has 0 atom stereocenters. The van der Waals surface area contributed by atoms with Crippen molar-refractivity contribution >= 4 is 21.5 Å². The van der Waals surface area contributed by atoms with Gasteiger partial charge in [0.2, 0.25) is 0 Å². The predicted molar refractivity (Wildman–Crippen MR) is 74.7 cm³/mol. The highest BCUT2D eigenvalue weighted by Gasteiger charge is 2.30. The third kappa shape index (κ3) is 6.45. The van der Waals surface area contributed by atoms with Crippen molar-refractivity contribution < 1.29 is 21.6 Å². The van der Waals surface area contributed by atoms with Gasteiger partial charge >= 0.3 is 6.18 Å². The topological polar surface area (TPSA) is 75.4 Å². The molecular formula is C11H14F3N3O2S2. The van der Waals surface area contributed by atoms with Gasteiger partial charge in [0.1, 0.15) is 6.54 Å².